The van der Waals surface area contributed by atoms with Crippen LogP contribution in [0.15, 0.2) is 12.1 Å². The van der Waals surface area contributed by atoms with Gasteiger partial charge in [-0.3, -0.25) is 0 Å². The minimum Gasteiger partial charge on any atom is -0.492 e. The van der Waals surface area contributed by atoms with E-state index in [1.54, 1.807) is 7.11 Å². The first kappa shape index (κ1) is 15.2. The fraction of sp³-hybridized carbons (Fsp3) is 0.571. The van der Waals surface area contributed by atoms with E-state index in [0.29, 0.717) is 5.33 Å². The molecule has 3 nitrogen and oxygen atoms in total. The first-order valence-electron chi connectivity index (χ1n) is 6.08. The normalized spacial score (nSPS) is 10.9. The Hall–Kier alpha value is -0.900. The summed E-state index contributed by atoms with van der Waals surface area (Å²) >= 11 is 3.47. The van der Waals surface area contributed by atoms with Gasteiger partial charge in [-0.25, -0.2) is 0 Å². The average Bonchev–Trinajstić information content (AvgIpc) is 2.29. The van der Waals surface area contributed by atoms with E-state index in [0.717, 1.165) is 22.8 Å². The molecular weight excluding hydrogens is 296 g/mol. The Bertz CT molecular complexity index is 352. The molecule has 0 aromatic heterocycles. The lowest BCUT2D eigenvalue weighted by molar-refractivity contribution is 0.222. The van der Waals surface area contributed by atoms with Crippen LogP contribution in [0.3, 0.4) is 0 Å². The number of rotatable bonds is 6. The zero-order chi connectivity index (χ0) is 13.7. The molecule has 0 fully saturated rings. The Kier molecular flexibility index (Phi) is 5.79. The first-order chi connectivity index (χ1) is 8.49. The van der Waals surface area contributed by atoms with Crippen molar-refractivity contribution in [1.29, 1.82) is 0 Å². The van der Waals surface area contributed by atoms with Crippen LogP contribution in [-0.2, 0) is 5.33 Å². The Morgan fingerprint density at radius 2 is 1.50 bits per heavy atom. The van der Waals surface area contributed by atoms with E-state index in [4.69, 9.17) is 14.2 Å². The maximum atomic E-state index is 5.77. The molecule has 0 spiro atoms. The molecule has 1 aromatic carbocycles. The van der Waals surface area contributed by atoms with E-state index in [-0.39, 0.29) is 12.2 Å². The molecule has 0 bridgehead atoms. The number of methoxy groups -OCH3 is 1. The number of ether oxygens (including phenoxy) is 3. The maximum Gasteiger partial charge on any atom is 0.168 e. The number of halogens is 1. The monoisotopic (exact) mass is 316 g/mol. The van der Waals surface area contributed by atoms with E-state index >= 15 is 0 Å². The minimum atomic E-state index is 0.110. The first-order valence-corrected chi connectivity index (χ1v) is 7.20. The summed E-state index contributed by atoms with van der Waals surface area (Å²) in [5, 5.41) is 0.660. The van der Waals surface area contributed by atoms with Crippen LogP contribution in [0.4, 0.5) is 0 Å². The van der Waals surface area contributed by atoms with Crippen molar-refractivity contribution in [2.24, 2.45) is 0 Å². The predicted molar refractivity (Wildman–Crippen MR) is 77.2 cm³/mol. The average molecular weight is 317 g/mol. The molecule has 0 saturated heterocycles. The number of benzene rings is 1. The largest absolute Gasteiger partial charge is 0.492 e. The lowest BCUT2D eigenvalue weighted by atomic mass is 10.2. The smallest absolute Gasteiger partial charge is 0.168 e. The predicted octanol–water partition coefficient (Wildman–Crippen LogP) is 4.16. The van der Waals surface area contributed by atoms with Crippen LogP contribution >= 0.6 is 15.9 Å². The van der Waals surface area contributed by atoms with E-state index in [1.165, 1.54) is 0 Å². The van der Waals surface area contributed by atoms with E-state index < -0.39 is 0 Å². The van der Waals surface area contributed by atoms with Gasteiger partial charge in [0.1, 0.15) is 5.75 Å². The lowest BCUT2D eigenvalue weighted by Gasteiger charge is -2.19. The maximum absolute atomic E-state index is 5.77. The third-order valence-electron chi connectivity index (χ3n) is 2.24. The van der Waals surface area contributed by atoms with Crippen LogP contribution in [0.1, 0.15) is 33.3 Å². The number of alkyl halides is 1. The zero-order valence-corrected chi connectivity index (χ0v) is 13.2. The third-order valence-corrected chi connectivity index (χ3v) is 2.81. The molecule has 1 aromatic rings. The highest BCUT2D eigenvalue weighted by atomic mass is 79.9. The van der Waals surface area contributed by atoms with Crippen molar-refractivity contribution in [1.82, 2.24) is 0 Å². The zero-order valence-electron chi connectivity index (χ0n) is 11.6. The second-order valence-electron chi connectivity index (χ2n) is 4.54. The summed E-state index contributed by atoms with van der Waals surface area (Å²) < 4.78 is 17.0. The van der Waals surface area contributed by atoms with Crippen molar-refractivity contribution in [3.63, 3.8) is 0 Å². The van der Waals surface area contributed by atoms with Crippen molar-refractivity contribution in [3.05, 3.63) is 17.7 Å². The second-order valence-corrected chi connectivity index (χ2v) is 5.10. The van der Waals surface area contributed by atoms with Crippen LogP contribution < -0.4 is 14.2 Å². The molecule has 0 unspecified atom stereocenters. The Balaban J connectivity index is 3.18. The summed E-state index contributed by atoms with van der Waals surface area (Å²) in [6.45, 7) is 7.99. The van der Waals surface area contributed by atoms with Crippen LogP contribution in [0.5, 0.6) is 17.2 Å². The molecule has 18 heavy (non-hydrogen) atoms. The van der Waals surface area contributed by atoms with Gasteiger partial charge in [0, 0.05) is 5.33 Å². The van der Waals surface area contributed by atoms with Gasteiger partial charge >= 0.3 is 0 Å². The van der Waals surface area contributed by atoms with Crippen molar-refractivity contribution in [2.45, 2.75) is 45.2 Å². The van der Waals surface area contributed by atoms with Crippen molar-refractivity contribution < 1.29 is 14.2 Å². The third kappa shape index (κ3) is 3.80. The molecule has 0 amide bonds. The molecule has 0 aliphatic carbocycles. The summed E-state index contributed by atoms with van der Waals surface area (Å²) in [6.07, 6.45) is 0.239. The second kappa shape index (κ2) is 6.88. The molecule has 0 saturated carbocycles. The van der Waals surface area contributed by atoms with E-state index in [2.05, 4.69) is 15.9 Å². The number of hydrogen-bond donors (Lipinski definition) is 0. The molecule has 0 heterocycles. The Morgan fingerprint density at radius 1 is 1.00 bits per heavy atom. The molecule has 0 N–H and O–H groups in total. The SMILES string of the molecule is COc1c(OC(C)C)ccc(OC(C)C)c1CBr. The molecule has 0 aliphatic heterocycles. The van der Waals surface area contributed by atoms with Gasteiger partial charge in [-0.05, 0) is 39.8 Å². The fourth-order valence-electron chi connectivity index (χ4n) is 1.65. The van der Waals surface area contributed by atoms with Gasteiger partial charge in [-0.2, -0.15) is 0 Å². The van der Waals surface area contributed by atoms with Gasteiger partial charge in [-0.15, -0.1) is 0 Å². The fourth-order valence-corrected chi connectivity index (χ4v) is 2.18. The highest BCUT2D eigenvalue weighted by Crippen LogP contribution is 2.39. The van der Waals surface area contributed by atoms with Gasteiger partial charge < -0.3 is 14.2 Å². The Labute approximate surface area is 118 Å². The molecule has 0 atom stereocenters. The van der Waals surface area contributed by atoms with E-state index in [1.807, 2.05) is 39.8 Å². The standard InChI is InChI=1S/C14H21BrO3/c1-9(2)17-12-6-7-13(18-10(3)4)14(16-5)11(12)8-15/h6-7,9-10H,8H2,1-5H3. The molecule has 0 radical (unpaired) electrons. The van der Waals surface area contributed by atoms with Crippen LogP contribution in [0, 0.1) is 0 Å². The highest BCUT2D eigenvalue weighted by Gasteiger charge is 2.17. The summed E-state index contributed by atoms with van der Waals surface area (Å²) in [4.78, 5) is 0. The summed E-state index contributed by atoms with van der Waals surface area (Å²) in [5.74, 6) is 2.31. The highest BCUT2D eigenvalue weighted by molar-refractivity contribution is 9.08. The van der Waals surface area contributed by atoms with Gasteiger partial charge in [0.05, 0.1) is 24.9 Å². The quantitative estimate of drug-likeness (QED) is 0.737. The lowest BCUT2D eigenvalue weighted by Crippen LogP contribution is -2.10. The topological polar surface area (TPSA) is 27.7 Å². The van der Waals surface area contributed by atoms with Gasteiger partial charge in [0.15, 0.2) is 11.5 Å². The summed E-state index contributed by atoms with van der Waals surface area (Å²) in [7, 11) is 1.65. The van der Waals surface area contributed by atoms with Crippen LogP contribution in [0.2, 0.25) is 0 Å². The molecule has 0 aliphatic rings. The van der Waals surface area contributed by atoms with Crippen molar-refractivity contribution >= 4 is 15.9 Å². The summed E-state index contributed by atoms with van der Waals surface area (Å²) in [5.41, 5.74) is 0.976. The molecular formula is C14H21BrO3. The Morgan fingerprint density at radius 3 is 1.94 bits per heavy atom. The van der Waals surface area contributed by atoms with E-state index in [9.17, 15) is 0 Å². The van der Waals surface area contributed by atoms with Gasteiger partial charge in [0.25, 0.3) is 0 Å². The summed E-state index contributed by atoms with van der Waals surface area (Å²) in [6, 6.07) is 3.82. The van der Waals surface area contributed by atoms with Crippen molar-refractivity contribution in [2.75, 3.05) is 7.11 Å². The van der Waals surface area contributed by atoms with Crippen molar-refractivity contribution in [3.8, 4) is 17.2 Å². The van der Waals surface area contributed by atoms with Crippen LogP contribution in [0.25, 0.3) is 0 Å². The minimum absolute atomic E-state index is 0.110. The molecule has 4 heteroatoms. The van der Waals surface area contributed by atoms with Gasteiger partial charge in [0.2, 0.25) is 0 Å². The van der Waals surface area contributed by atoms with Crippen LogP contribution in [-0.4, -0.2) is 19.3 Å². The molecule has 102 valence electrons. The molecule has 1 rings (SSSR count). The number of hydrogen-bond acceptors (Lipinski definition) is 3. The van der Waals surface area contributed by atoms with Gasteiger partial charge in [-0.1, -0.05) is 15.9 Å².